The number of aliphatic hydroxyl groups excluding tert-OH is 1. The van der Waals surface area contributed by atoms with Crippen molar-refractivity contribution in [3.8, 4) is 0 Å². The van der Waals surface area contributed by atoms with E-state index in [1.54, 1.807) is 52.0 Å². The van der Waals surface area contributed by atoms with Crippen LogP contribution in [-0.2, 0) is 35.2 Å². The molecule has 1 rings (SSSR count). The SMILES string of the molecule is CCC(C)(CC(C)(C)C(=O)NCC(=O)NC(Cc1ccccc1)C(=O)NC(CC(C)C)C(=O)NCC=O)C(=O)NCC(C)O. The third kappa shape index (κ3) is 13.2. The van der Waals surface area contributed by atoms with Crippen LogP contribution in [0.4, 0.5) is 0 Å². The van der Waals surface area contributed by atoms with E-state index in [-0.39, 0.29) is 37.8 Å². The van der Waals surface area contributed by atoms with Gasteiger partial charge in [0.2, 0.25) is 29.5 Å². The summed E-state index contributed by atoms with van der Waals surface area (Å²) in [7, 11) is 0. The molecule has 6 N–H and O–H groups in total. The summed E-state index contributed by atoms with van der Waals surface area (Å²) >= 11 is 0. The van der Waals surface area contributed by atoms with Crippen molar-refractivity contribution in [2.45, 2.75) is 92.3 Å². The van der Waals surface area contributed by atoms with Crippen LogP contribution in [0.5, 0.6) is 0 Å². The highest BCUT2D eigenvalue weighted by molar-refractivity contribution is 5.94. The van der Waals surface area contributed by atoms with Crippen LogP contribution in [0, 0.1) is 16.7 Å². The predicted molar refractivity (Wildman–Crippen MR) is 167 cm³/mol. The molecule has 0 heterocycles. The Morgan fingerprint density at radius 3 is 2.05 bits per heavy atom. The summed E-state index contributed by atoms with van der Waals surface area (Å²) in [5, 5.41) is 22.7. The molecule has 12 heteroatoms. The van der Waals surface area contributed by atoms with Gasteiger partial charge in [-0.25, -0.2) is 0 Å². The van der Waals surface area contributed by atoms with E-state index in [0.29, 0.717) is 19.1 Å². The summed E-state index contributed by atoms with van der Waals surface area (Å²) in [5.41, 5.74) is -1.13. The van der Waals surface area contributed by atoms with E-state index in [9.17, 15) is 33.9 Å². The molecule has 12 nitrogen and oxygen atoms in total. The van der Waals surface area contributed by atoms with Crippen molar-refractivity contribution < 1.29 is 33.9 Å². The number of nitrogens with one attached hydrogen (secondary N) is 5. The number of amides is 5. The van der Waals surface area contributed by atoms with Gasteiger partial charge in [-0.3, -0.25) is 24.0 Å². The fourth-order valence-electron chi connectivity index (χ4n) is 4.82. The van der Waals surface area contributed by atoms with Crippen LogP contribution < -0.4 is 26.6 Å². The third-order valence-corrected chi connectivity index (χ3v) is 7.38. The second-order valence-electron chi connectivity index (χ2n) is 12.6. The lowest BCUT2D eigenvalue weighted by Gasteiger charge is -2.35. The molecule has 0 aromatic heterocycles. The van der Waals surface area contributed by atoms with Crippen molar-refractivity contribution in [1.29, 1.82) is 0 Å². The Morgan fingerprint density at radius 1 is 0.864 bits per heavy atom. The lowest BCUT2D eigenvalue weighted by Crippen LogP contribution is -2.56. The first-order chi connectivity index (χ1) is 20.5. The summed E-state index contributed by atoms with van der Waals surface area (Å²) in [5.74, 6) is -2.35. The zero-order valence-electron chi connectivity index (χ0n) is 27.1. The van der Waals surface area contributed by atoms with Crippen LogP contribution >= 0.6 is 0 Å². The van der Waals surface area contributed by atoms with E-state index in [1.165, 1.54) is 0 Å². The van der Waals surface area contributed by atoms with Gasteiger partial charge in [-0.1, -0.05) is 71.9 Å². The standard InChI is InChI=1S/C32H51N5O7/c1-8-32(7,30(44)34-18-22(4)39)20-31(5,6)29(43)35-19-26(40)36-25(17-23-12-10-9-11-13-23)28(42)37-24(16-21(2)3)27(41)33-14-15-38/h9-13,15,21-22,24-25,39H,8,14,16-20H2,1-7H3,(H,33,41)(H,34,44)(H,35,43)(H,36,40)(H,37,42). The number of benzene rings is 1. The van der Waals surface area contributed by atoms with Crippen LogP contribution in [0.15, 0.2) is 30.3 Å². The molecule has 0 fully saturated rings. The number of aldehydes is 1. The van der Waals surface area contributed by atoms with Gasteiger partial charge in [0.25, 0.3) is 0 Å². The minimum absolute atomic E-state index is 0.0573. The molecule has 0 saturated heterocycles. The highest BCUT2D eigenvalue weighted by Gasteiger charge is 2.41. The van der Waals surface area contributed by atoms with Crippen LogP contribution in [0.25, 0.3) is 0 Å². The zero-order chi connectivity index (χ0) is 33.5. The lowest BCUT2D eigenvalue weighted by atomic mass is 9.71. The summed E-state index contributed by atoms with van der Waals surface area (Å²) in [6.45, 7) is 11.8. The van der Waals surface area contributed by atoms with Gasteiger partial charge in [0.05, 0.1) is 19.2 Å². The minimum atomic E-state index is -1.05. The maximum atomic E-state index is 13.4. The second-order valence-corrected chi connectivity index (χ2v) is 12.6. The topological polar surface area (TPSA) is 183 Å². The molecule has 4 atom stereocenters. The number of hydrogen-bond acceptors (Lipinski definition) is 7. The van der Waals surface area contributed by atoms with Crippen molar-refractivity contribution in [3.05, 3.63) is 35.9 Å². The Hall–Kier alpha value is -3.80. The van der Waals surface area contributed by atoms with Gasteiger partial charge in [0.1, 0.15) is 18.4 Å². The molecular formula is C32H51N5O7. The molecule has 0 spiro atoms. The van der Waals surface area contributed by atoms with E-state index in [1.807, 2.05) is 26.8 Å². The number of carbonyl (C=O) groups excluding carboxylic acids is 6. The van der Waals surface area contributed by atoms with Gasteiger partial charge in [-0.2, -0.15) is 0 Å². The average Bonchev–Trinajstić information content (AvgIpc) is 2.96. The number of rotatable bonds is 19. The van der Waals surface area contributed by atoms with Crippen LogP contribution in [-0.4, -0.2) is 78.8 Å². The highest BCUT2D eigenvalue weighted by Crippen LogP contribution is 2.37. The Bertz CT molecular complexity index is 1120. The van der Waals surface area contributed by atoms with E-state index in [2.05, 4.69) is 26.6 Å². The molecule has 0 bridgehead atoms. The van der Waals surface area contributed by atoms with Crippen molar-refractivity contribution in [3.63, 3.8) is 0 Å². The molecule has 0 aliphatic heterocycles. The average molecular weight is 618 g/mol. The van der Waals surface area contributed by atoms with Crippen molar-refractivity contribution >= 4 is 35.8 Å². The van der Waals surface area contributed by atoms with Gasteiger partial charge in [-0.15, -0.1) is 0 Å². The second kappa shape index (κ2) is 18.1. The van der Waals surface area contributed by atoms with Crippen LogP contribution in [0.2, 0.25) is 0 Å². The molecular weight excluding hydrogens is 566 g/mol. The number of carbonyl (C=O) groups is 6. The van der Waals surface area contributed by atoms with Crippen LogP contribution in [0.3, 0.4) is 0 Å². The van der Waals surface area contributed by atoms with Gasteiger partial charge in [-0.05, 0) is 37.7 Å². The molecule has 0 aliphatic carbocycles. The summed E-state index contributed by atoms with van der Waals surface area (Å²) in [6, 6.07) is 7.08. The predicted octanol–water partition coefficient (Wildman–Crippen LogP) is 1.01. The van der Waals surface area contributed by atoms with Crippen LogP contribution in [0.1, 0.15) is 73.3 Å². The largest absolute Gasteiger partial charge is 0.392 e. The first kappa shape index (κ1) is 38.2. The Balaban J connectivity index is 2.99. The van der Waals surface area contributed by atoms with Crippen molar-refractivity contribution in [2.24, 2.45) is 16.7 Å². The molecule has 0 aliphatic rings. The number of aliphatic hydroxyl groups is 1. The van der Waals surface area contributed by atoms with Gasteiger partial charge < -0.3 is 36.5 Å². The van der Waals surface area contributed by atoms with Gasteiger partial charge >= 0.3 is 0 Å². The fraction of sp³-hybridized carbons (Fsp3) is 0.625. The van der Waals surface area contributed by atoms with E-state index in [4.69, 9.17) is 0 Å². The zero-order valence-corrected chi connectivity index (χ0v) is 27.1. The first-order valence-corrected chi connectivity index (χ1v) is 15.1. The summed E-state index contributed by atoms with van der Waals surface area (Å²) in [6.07, 6.45) is 0.952. The molecule has 44 heavy (non-hydrogen) atoms. The Morgan fingerprint density at radius 2 is 1.50 bits per heavy atom. The maximum Gasteiger partial charge on any atom is 0.243 e. The molecule has 0 saturated carbocycles. The Labute approximate surface area is 260 Å². The normalized spacial score (nSPS) is 14.8. The van der Waals surface area contributed by atoms with Crippen molar-refractivity contribution in [1.82, 2.24) is 26.6 Å². The third-order valence-electron chi connectivity index (χ3n) is 7.38. The monoisotopic (exact) mass is 617 g/mol. The van der Waals surface area contributed by atoms with E-state index < -0.39 is 59.2 Å². The van der Waals surface area contributed by atoms with Gasteiger partial charge in [0, 0.05) is 23.8 Å². The summed E-state index contributed by atoms with van der Waals surface area (Å²) in [4.78, 5) is 75.7. The summed E-state index contributed by atoms with van der Waals surface area (Å²) < 4.78 is 0. The number of hydrogen-bond donors (Lipinski definition) is 6. The highest BCUT2D eigenvalue weighted by atomic mass is 16.3. The lowest BCUT2D eigenvalue weighted by molar-refractivity contribution is -0.138. The maximum absolute atomic E-state index is 13.4. The minimum Gasteiger partial charge on any atom is -0.392 e. The van der Waals surface area contributed by atoms with Gasteiger partial charge in [0.15, 0.2) is 0 Å². The Kier molecular flexibility index (Phi) is 15.7. The quantitative estimate of drug-likeness (QED) is 0.125. The molecule has 4 unspecified atom stereocenters. The molecule has 246 valence electrons. The first-order valence-electron chi connectivity index (χ1n) is 15.1. The smallest absolute Gasteiger partial charge is 0.243 e. The van der Waals surface area contributed by atoms with Crippen molar-refractivity contribution in [2.75, 3.05) is 19.6 Å². The molecule has 0 radical (unpaired) electrons. The molecule has 1 aromatic rings. The fourth-order valence-corrected chi connectivity index (χ4v) is 4.82. The molecule has 1 aromatic carbocycles. The van der Waals surface area contributed by atoms with E-state index in [0.717, 1.165) is 5.56 Å². The molecule has 5 amide bonds. The van der Waals surface area contributed by atoms with E-state index >= 15 is 0 Å².